The Balaban J connectivity index is 1.67. The first kappa shape index (κ1) is 36.2. The van der Waals surface area contributed by atoms with E-state index in [-0.39, 0.29) is 29.6 Å². The zero-order valence-electron chi connectivity index (χ0n) is 26.9. The zero-order chi connectivity index (χ0) is 33.4. The average Bonchev–Trinajstić information content (AvgIpc) is 3.14. The molecule has 1 aliphatic rings. The Morgan fingerprint density at radius 3 is 2.22 bits per heavy atom. The molecule has 0 aliphatic carbocycles. The summed E-state index contributed by atoms with van der Waals surface area (Å²) in [7, 11) is -7.54. The lowest BCUT2D eigenvalue weighted by Gasteiger charge is -2.36. The van der Waals surface area contributed by atoms with Crippen LogP contribution < -0.4 is 15.0 Å². The molecule has 0 bridgehead atoms. The first-order valence-electron chi connectivity index (χ1n) is 15.8. The van der Waals surface area contributed by atoms with E-state index in [1.165, 1.54) is 6.07 Å². The molecule has 46 heavy (non-hydrogen) atoms. The van der Waals surface area contributed by atoms with Crippen molar-refractivity contribution >= 4 is 50.6 Å². The average molecular weight is 736 g/mol. The third kappa shape index (κ3) is 8.42. The molecule has 3 aromatic rings. The molecule has 3 aromatic carbocycles. The Kier molecular flexibility index (Phi) is 12.5. The molecule has 1 amide bonds. The van der Waals surface area contributed by atoms with E-state index < -0.39 is 41.1 Å². The quantitative estimate of drug-likeness (QED) is 0.155. The van der Waals surface area contributed by atoms with Crippen molar-refractivity contribution in [1.82, 2.24) is 5.32 Å². The fourth-order valence-corrected chi connectivity index (χ4v) is 10.4. The second-order valence-corrected chi connectivity index (χ2v) is 16.4. The lowest BCUT2D eigenvalue weighted by Crippen LogP contribution is -2.37. The zero-order valence-corrected chi connectivity index (χ0v) is 30.2. The van der Waals surface area contributed by atoms with Gasteiger partial charge < -0.3 is 24.0 Å². The summed E-state index contributed by atoms with van der Waals surface area (Å²) >= 11 is 3.57. The van der Waals surface area contributed by atoms with Crippen LogP contribution in [0.4, 0.5) is 11.4 Å². The van der Waals surface area contributed by atoms with E-state index in [1.807, 2.05) is 36.4 Å². The Labute approximate surface area is 281 Å². The normalized spacial score (nSPS) is 18.3. The number of anilines is 2. The fourth-order valence-electron chi connectivity index (χ4n) is 5.84. The summed E-state index contributed by atoms with van der Waals surface area (Å²) in [5.74, 6) is -1.42. The highest BCUT2D eigenvalue weighted by Crippen LogP contribution is 2.59. The van der Waals surface area contributed by atoms with Gasteiger partial charge >= 0.3 is 7.60 Å². The molecule has 0 aromatic heterocycles. The smallest absolute Gasteiger partial charge is 0.357 e. The Hall–Kier alpha value is -2.69. The number of sulfone groups is 1. The molecule has 9 nitrogen and oxygen atoms in total. The summed E-state index contributed by atoms with van der Waals surface area (Å²) in [5.41, 5.74) is 1.57. The SMILES string of the molecule is CCCCC1(CC)CN(c2ccccc2)c2cc(Br)c(OCC(=O)NC(c3ccccc3)P(=O)(OCC)OCC)cc2S(=O)(=O)C1. The number of amides is 1. The van der Waals surface area contributed by atoms with Crippen LogP contribution in [-0.4, -0.2) is 46.4 Å². The molecule has 2 atom stereocenters. The van der Waals surface area contributed by atoms with Crippen molar-refractivity contribution in [3.8, 4) is 5.75 Å². The van der Waals surface area contributed by atoms with Gasteiger partial charge in [-0.05, 0) is 66.4 Å². The van der Waals surface area contributed by atoms with Gasteiger partial charge in [0.1, 0.15) is 5.75 Å². The number of ether oxygens (including phenoxy) is 1. The second-order valence-electron chi connectivity index (χ2n) is 11.4. The largest absolute Gasteiger partial charge is 0.483 e. The predicted molar refractivity (Wildman–Crippen MR) is 186 cm³/mol. The minimum Gasteiger partial charge on any atom is -0.483 e. The van der Waals surface area contributed by atoms with Gasteiger partial charge in [0.2, 0.25) is 0 Å². The standard InChI is InChI=1S/C34H44BrN2O7PS/c1-5-9-20-34(6-2)24-37(27-18-14-11-15-19-27)29-21-28(35)30(22-31(29)46(40,41)25-34)42-23-32(38)36-33(26-16-12-10-13-17-26)45(39,43-7-3)44-8-4/h10-19,21-22,33H,5-9,20,23-25H2,1-4H3,(H,36,38). The number of nitrogens with one attached hydrogen (secondary N) is 1. The van der Waals surface area contributed by atoms with Gasteiger partial charge in [-0.2, -0.15) is 0 Å². The molecule has 1 N–H and O–H groups in total. The van der Waals surface area contributed by atoms with E-state index in [4.69, 9.17) is 13.8 Å². The lowest BCUT2D eigenvalue weighted by molar-refractivity contribution is -0.123. The number of hydrogen-bond donors (Lipinski definition) is 1. The Bertz CT molecular complexity index is 1620. The fraction of sp³-hybridized carbons (Fsp3) is 0.441. The van der Waals surface area contributed by atoms with Gasteiger partial charge in [0.25, 0.3) is 5.91 Å². The van der Waals surface area contributed by atoms with Crippen molar-refractivity contribution < 1.29 is 31.6 Å². The van der Waals surface area contributed by atoms with E-state index in [1.54, 1.807) is 44.2 Å². The molecule has 0 saturated heterocycles. The molecular formula is C34H44BrN2O7PS. The summed E-state index contributed by atoms with van der Waals surface area (Å²) in [5, 5.41) is 2.77. The molecule has 0 radical (unpaired) electrons. The minimum atomic E-state index is -3.79. The molecule has 0 spiro atoms. The number of carbonyl (C=O) groups excluding carboxylic acids is 1. The second kappa shape index (κ2) is 15.9. The Morgan fingerprint density at radius 2 is 1.63 bits per heavy atom. The summed E-state index contributed by atoms with van der Waals surface area (Å²) in [6, 6.07) is 21.9. The summed E-state index contributed by atoms with van der Waals surface area (Å²) in [6.07, 6.45) is 3.40. The number of unbranched alkanes of at least 4 members (excludes halogenated alkanes) is 1. The van der Waals surface area contributed by atoms with Crippen LogP contribution in [0.15, 0.2) is 82.2 Å². The van der Waals surface area contributed by atoms with Gasteiger partial charge in [-0.15, -0.1) is 0 Å². The molecule has 12 heteroatoms. The van der Waals surface area contributed by atoms with E-state index in [2.05, 4.69) is 40.0 Å². The first-order chi connectivity index (χ1) is 22.0. The number of nitrogens with zero attached hydrogens (tertiary/aromatic N) is 1. The summed E-state index contributed by atoms with van der Waals surface area (Å²) in [6.45, 7) is 7.93. The number of halogens is 1. The monoisotopic (exact) mass is 734 g/mol. The first-order valence-corrected chi connectivity index (χ1v) is 19.8. The molecule has 2 unspecified atom stereocenters. The third-order valence-corrected chi connectivity index (χ3v) is 13.1. The van der Waals surface area contributed by atoms with Crippen LogP contribution in [-0.2, 0) is 28.2 Å². The molecule has 4 rings (SSSR count). The molecular weight excluding hydrogens is 691 g/mol. The Morgan fingerprint density at radius 1 is 1.00 bits per heavy atom. The van der Waals surface area contributed by atoms with Gasteiger partial charge in [-0.25, -0.2) is 8.42 Å². The van der Waals surface area contributed by atoms with Gasteiger partial charge in [0, 0.05) is 23.7 Å². The molecule has 0 fully saturated rings. The van der Waals surface area contributed by atoms with E-state index in [0.29, 0.717) is 28.7 Å². The van der Waals surface area contributed by atoms with Crippen LogP contribution in [0.2, 0.25) is 0 Å². The topological polar surface area (TPSA) is 111 Å². The van der Waals surface area contributed by atoms with Crippen LogP contribution in [0.5, 0.6) is 5.75 Å². The van der Waals surface area contributed by atoms with Crippen LogP contribution in [0.25, 0.3) is 0 Å². The molecule has 1 heterocycles. The number of benzene rings is 3. The summed E-state index contributed by atoms with van der Waals surface area (Å²) < 4.78 is 59.5. The number of fused-ring (bicyclic) bond motifs is 1. The van der Waals surface area contributed by atoms with Crippen molar-refractivity contribution in [1.29, 1.82) is 0 Å². The van der Waals surface area contributed by atoms with Crippen LogP contribution in [0.3, 0.4) is 0 Å². The van der Waals surface area contributed by atoms with Gasteiger partial charge in [0.05, 0.1) is 34.0 Å². The molecule has 250 valence electrons. The third-order valence-electron chi connectivity index (χ3n) is 8.21. The van der Waals surface area contributed by atoms with Crippen LogP contribution in [0, 0.1) is 5.41 Å². The minimum absolute atomic E-state index is 0.0112. The van der Waals surface area contributed by atoms with Crippen molar-refractivity contribution in [2.24, 2.45) is 5.41 Å². The number of para-hydroxylation sites is 1. The highest BCUT2D eigenvalue weighted by molar-refractivity contribution is 9.10. The van der Waals surface area contributed by atoms with E-state index in [0.717, 1.165) is 24.9 Å². The highest BCUT2D eigenvalue weighted by Gasteiger charge is 2.42. The van der Waals surface area contributed by atoms with Crippen LogP contribution >= 0.6 is 23.5 Å². The van der Waals surface area contributed by atoms with Crippen molar-refractivity contribution in [3.63, 3.8) is 0 Å². The maximum Gasteiger partial charge on any atom is 0.357 e. The van der Waals surface area contributed by atoms with Gasteiger partial charge in [0.15, 0.2) is 22.2 Å². The molecule has 1 aliphatic heterocycles. The summed E-state index contributed by atoms with van der Waals surface area (Å²) in [4.78, 5) is 15.5. The number of hydrogen-bond acceptors (Lipinski definition) is 8. The number of carbonyl (C=O) groups is 1. The van der Waals surface area contributed by atoms with Crippen molar-refractivity contribution in [3.05, 3.63) is 82.8 Å². The lowest BCUT2D eigenvalue weighted by atomic mass is 9.81. The number of rotatable bonds is 15. The van der Waals surface area contributed by atoms with Gasteiger partial charge in [-0.3, -0.25) is 9.36 Å². The van der Waals surface area contributed by atoms with Crippen molar-refractivity contribution in [2.45, 2.75) is 64.1 Å². The van der Waals surface area contributed by atoms with E-state index >= 15 is 0 Å². The maximum atomic E-state index is 14.1. The highest BCUT2D eigenvalue weighted by atomic mass is 79.9. The maximum absolute atomic E-state index is 14.1. The van der Waals surface area contributed by atoms with E-state index in [9.17, 15) is 17.8 Å². The molecule has 0 saturated carbocycles. The van der Waals surface area contributed by atoms with Crippen LogP contribution in [0.1, 0.15) is 64.7 Å². The van der Waals surface area contributed by atoms with Crippen molar-refractivity contribution in [2.75, 3.05) is 37.0 Å². The van der Waals surface area contributed by atoms with Gasteiger partial charge in [-0.1, -0.05) is 75.2 Å². The predicted octanol–water partition coefficient (Wildman–Crippen LogP) is 8.42.